The molecule has 1 aliphatic heterocycles. The van der Waals surface area contributed by atoms with Gasteiger partial charge >= 0.3 is 0 Å². The second kappa shape index (κ2) is 5.91. The highest BCUT2D eigenvalue weighted by Gasteiger charge is 2.24. The van der Waals surface area contributed by atoms with E-state index in [4.69, 9.17) is 23.2 Å². The highest BCUT2D eigenvalue weighted by molar-refractivity contribution is 6.36. The average molecular weight is 326 g/mol. The SMILES string of the molecule is O=C(c1cn[nH]c1)N1CCN(c2ncc(Cl)cc2Cl)CC1. The molecule has 0 aliphatic carbocycles. The molecule has 1 saturated heterocycles. The number of aromatic amines is 1. The maximum absolute atomic E-state index is 12.2. The van der Waals surface area contributed by atoms with Crippen LogP contribution in [0, 0.1) is 0 Å². The first-order valence-electron chi connectivity index (χ1n) is 6.49. The van der Waals surface area contributed by atoms with Gasteiger partial charge in [0.05, 0.1) is 21.8 Å². The number of carbonyl (C=O) groups excluding carboxylic acids is 1. The zero-order valence-corrected chi connectivity index (χ0v) is 12.6. The minimum atomic E-state index is -0.0152. The number of anilines is 1. The molecule has 21 heavy (non-hydrogen) atoms. The lowest BCUT2D eigenvalue weighted by Gasteiger charge is -2.35. The fraction of sp³-hybridized carbons (Fsp3) is 0.308. The van der Waals surface area contributed by atoms with Crippen LogP contribution in [0.1, 0.15) is 10.4 Å². The molecule has 0 spiro atoms. The van der Waals surface area contributed by atoms with Crippen LogP contribution in [0.15, 0.2) is 24.7 Å². The van der Waals surface area contributed by atoms with Crippen LogP contribution in [-0.2, 0) is 0 Å². The smallest absolute Gasteiger partial charge is 0.257 e. The van der Waals surface area contributed by atoms with Gasteiger partial charge in [-0.25, -0.2) is 4.98 Å². The summed E-state index contributed by atoms with van der Waals surface area (Å²) < 4.78 is 0. The van der Waals surface area contributed by atoms with E-state index in [1.807, 2.05) is 0 Å². The van der Waals surface area contributed by atoms with Crippen molar-refractivity contribution in [3.8, 4) is 0 Å². The fourth-order valence-electron chi connectivity index (χ4n) is 2.31. The number of rotatable bonds is 2. The van der Waals surface area contributed by atoms with Gasteiger partial charge in [0.15, 0.2) is 0 Å². The van der Waals surface area contributed by atoms with Gasteiger partial charge in [-0.3, -0.25) is 9.89 Å². The Morgan fingerprint density at radius 2 is 1.95 bits per heavy atom. The second-order valence-electron chi connectivity index (χ2n) is 4.73. The van der Waals surface area contributed by atoms with Crippen LogP contribution >= 0.6 is 23.2 Å². The standard InChI is InChI=1S/C13H13Cl2N5O/c14-10-5-11(15)12(16-8-10)19-1-3-20(4-2-19)13(21)9-6-17-18-7-9/h5-8H,1-4H2,(H,17,18). The van der Waals surface area contributed by atoms with Crippen molar-refractivity contribution in [3.05, 3.63) is 40.3 Å². The summed E-state index contributed by atoms with van der Waals surface area (Å²) in [5.41, 5.74) is 0.575. The number of hydrogen-bond donors (Lipinski definition) is 1. The Balaban J connectivity index is 1.66. The summed E-state index contributed by atoms with van der Waals surface area (Å²) in [6.45, 7) is 2.59. The van der Waals surface area contributed by atoms with Crippen molar-refractivity contribution in [2.45, 2.75) is 0 Å². The van der Waals surface area contributed by atoms with Crippen LogP contribution < -0.4 is 4.90 Å². The molecule has 2 aromatic heterocycles. The van der Waals surface area contributed by atoms with Crippen LogP contribution in [0.2, 0.25) is 10.0 Å². The molecule has 0 bridgehead atoms. The Morgan fingerprint density at radius 3 is 2.57 bits per heavy atom. The summed E-state index contributed by atoms with van der Waals surface area (Å²) in [6, 6.07) is 1.68. The lowest BCUT2D eigenvalue weighted by Crippen LogP contribution is -2.49. The number of hydrogen-bond acceptors (Lipinski definition) is 4. The van der Waals surface area contributed by atoms with Crippen LogP contribution in [-0.4, -0.2) is 52.2 Å². The Kier molecular flexibility index (Phi) is 3.98. The molecule has 0 atom stereocenters. The minimum absolute atomic E-state index is 0.0152. The number of pyridine rings is 1. The Morgan fingerprint density at radius 1 is 1.19 bits per heavy atom. The molecule has 1 amide bonds. The molecule has 2 aromatic rings. The van der Waals surface area contributed by atoms with E-state index in [0.29, 0.717) is 47.6 Å². The quantitative estimate of drug-likeness (QED) is 0.918. The molecule has 0 radical (unpaired) electrons. The number of amides is 1. The van der Waals surface area contributed by atoms with E-state index in [1.165, 1.54) is 6.20 Å². The topological polar surface area (TPSA) is 65.1 Å². The van der Waals surface area contributed by atoms with Crippen molar-refractivity contribution in [1.29, 1.82) is 0 Å². The monoisotopic (exact) mass is 325 g/mol. The Bertz CT molecular complexity index is 638. The number of nitrogens with one attached hydrogen (secondary N) is 1. The van der Waals surface area contributed by atoms with Crippen molar-refractivity contribution in [1.82, 2.24) is 20.1 Å². The second-order valence-corrected chi connectivity index (χ2v) is 5.57. The number of nitrogens with zero attached hydrogens (tertiary/aromatic N) is 4. The van der Waals surface area contributed by atoms with E-state index >= 15 is 0 Å². The highest BCUT2D eigenvalue weighted by atomic mass is 35.5. The van der Waals surface area contributed by atoms with Gasteiger partial charge in [0.1, 0.15) is 5.82 Å². The van der Waals surface area contributed by atoms with Gasteiger partial charge in [-0.15, -0.1) is 0 Å². The van der Waals surface area contributed by atoms with Crippen molar-refractivity contribution >= 4 is 34.9 Å². The van der Waals surface area contributed by atoms with Crippen molar-refractivity contribution in [2.24, 2.45) is 0 Å². The Hall–Kier alpha value is -1.79. The normalized spacial score (nSPS) is 15.3. The zero-order valence-electron chi connectivity index (χ0n) is 11.1. The van der Waals surface area contributed by atoms with Gasteiger partial charge in [-0.2, -0.15) is 5.10 Å². The lowest BCUT2D eigenvalue weighted by molar-refractivity contribution is 0.0746. The number of aromatic nitrogens is 3. The van der Waals surface area contributed by atoms with Crippen LogP contribution in [0.3, 0.4) is 0 Å². The fourth-order valence-corrected chi connectivity index (χ4v) is 2.81. The third-order valence-electron chi connectivity index (χ3n) is 3.40. The molecular formula is C13H13Cl2N5O. The largest absolute Gasteiger partial charge is 0.352 e. The molecule has 6 nitrogen and oxygen atoms in total. The van der Waals surface area contributed by atoms with E-state index in [2.05, 4.69) is 20.1 Å². The summed E-state index contributed by atoms with van der Waals surface area (Å²) in [4.78, 5) is 20.3. The van der Waals surface area contributed by atoms with E-state index in [1.54, 1.807) is 23.4 Å². The van der Waals surface area contributed by atoms with E-state index in [0.717, 1.165) is 0 Å². The summed E-state index contributed by atoms with van der Waals surface area (Å²) in [5, 5.41) is 7.48. The maximum Gasteiger partial charge on any atom is 0.257 e. The molecular weight excluding hydrogens is 313 g/mol. The molecule has 0 saturated carbocycles. The molecule has 3 heterocycles. The third kappa shape index (κ3) is 2.96. The molecule has 1 aliphatic rings. The number of piperazine rings is 1. The minimum Gasteiger partial charge on any atom is -0.352 e. The zero-order chi connectivity index (χ0) is 14.8. The molecule has 1 N–H and O–H groups in total. The number of carbonyl (C=O) groups is 1. The van der Waals surface area contributed by atoms with E-state index in [-0.39, 0.29) is 5.91 Å². The number of halogens is 2. The molecule has 8 heteroatoms. The summed E-state index contributed by atoms with van der Waals surface area (Å²) in [6.07, 6.45) is 4.71. The van der Waals surface area contributed by atoms with Crippen molar-refractivity contribution < 1.29 is 4.79 Å². The molecule has 1 fully saturated rings. The molecule has 110 valence electrons. The summed E-state index contributed by atoms with van der Waals surface area (Å²) in [7, 11) is 0. The summed E-state index contributed by atoms with van der Waals surface area (Å²) >= 11 is 12.0. The van der Waals surface area contributed by atoms with Crippen LogP contribution in [0.5, 0.6) is 0 Å². The highest BCUT2D eigenvalue weighted by Crippen LogP contribution is 2.26. The first kappa shape index (κ1) is 14.2. The van der Waals surface area contributed by atoms with E-state index in [9.17, 15) is 4.79 Å². The van der Waals surface area contributed by atoms with Crippen molar-refractivity contribution in [3.63, 3.8) is 0 Å². The van der Waals surface area contributed by atoms with Crippen LogP contribution in [0.25, 0.3) is 0 Å². The number of H-pyrrole nitrogens is 1. The van der Waals surface area contributed by atoms with Gasteiger partial charge in [-0.1, -0.05) is 23.2 Å². The lowest BCUT2D eigenvalue weighted by atomic mass is 10.2. The van der Waals surface area contributed by atoms with Crippen molar-refractivity contribution in [2.75, 3.05) is 31.1 Å². The van der Waals surface area contributed by atoms with Gasteiger partial charge < -0.3 is 9.80 Å². The van der Waals surface area contributed by atoms with Gasteiger partial charge in [0.2, 0.25) is 0 Å². The first-order valence-corrected chi connectivity index (χ1v) is 7.25. The maximum atomic E-state index is 12.2. The summed E-state index contributed by atoms with van der Waals surface area (Å²) in [5.74, 6) is 0.690. The van der Waals surface area contributed by atoms with Gasteiger partial charge in [0, 0.05) is 38.6 Å². The third-order valence-corrected chi connectivity index (χ3v) is 3.88. The van der Waals surface area contributed by atoms with Gasteiger partial charge in [0.25, 0.3) is 5.91 Å². The molecule has 0 unspecified atom stereocenters. The predicted molar refractivity (Wildman–Crippen MR) is 81.0 cm³/mol. The molecule has 0 aromatic carbocycles. The predicted octanol–water partition coefficient (Wildman–Crippen LogP) is 2.07. The van der Waals surface area contributed by atoms with E-state index < -0.39 is 0 Å². The van der Waals surface area contributed by atoms with Gasteiger partial charge in [-0.05, 0) is 6.07 Å². The first-order chi connectivity index (χ1) is 10.1. The average Bonchev–Trinajstić information content (AvgIpc) is 3.01. The van der Waals surface area contributed by atoms with Crippen LogP contribution in [0.4, 0.5) is 5.82 Å². The Labute approximate surface area is 131 Å². The molecule has 3 rings (SSSR count).